The molecule has 0 bridgehead atoms. The summed E-state index contributed by atoms with van der Waals surface area (Å²) in [5, 5.41) is 6.08. The van der Waals surface area contributed by atoms with E-state index in [1.165, 1.54) is 16.9 Å². The standard InChI is InChI=1S/C16H15N3O2S/c1-10-6-7-13-14(8-10)22-16(18-13)19-15(20)17-11-4-3-5-12(9-11)21-2/h3-9H,1-2H3,(H2,17,18,19,20). The number of ether oxygens (including phenoxy) is 1. The first kappa shape index (κ1) is 14.3. The SMILES string of the molecule is COc1cccc(NC(=O)Nc2nc3ccc(C)cc3s2)c1. The van der Waals surface area contributed by atoms with Crippen LogP contribution in [0.25, 0.3) is 10.2 Å². The number of hydrogen-bond donors (Lipinski definition) is 2. The highest BCUT2D eigenvalue weighted by molar-refractivity contribution is 7.22. The Bertz CT molecular complexity index is 829. The van der Waals surface area contributed by atoms with Gasteiger partial charge in [0.15, 0.2) is 5.13 Å². The molecule has 3 aromatic rings. The molecule has 0 aliphatic carbocycles. The van der Waals surface area contributed by atoms with Gasteiger partial charge in [0, 0.05) is 11.8 Å². The van der Waals surface area contributed by atoms with Crippen LogP contribution in [0.4, 0.5) is 15.6 Å². The van der Waals surface area contributed by atoms with Crippen molar-refractivity contribution < 1.29 is 9.53 Å². The van der Waals surface area contributed by atoms with E-state index < -0.39 is 0 Å². The van der Waals surface area contributed by atoms with Gasteiger partial charge in [-0.15, -0.1) is 0 Å². The van der Waals surface area contributed by atoms with Gasteiger partial charge in [0.1, 0.15) is 5.75 Å². The number of benzene rings is 2. The second kappa shape index (κ2) is 6.03. The maximum atomic E-state index is 12.0. The van der Waals surface area contributed by atoms with Gasteiger partial charge in [0.25, 0.3) is 0 Å². The summed E-state index contributed by atoms with van der Waals surface area (Å²) in [5.74, 6) is 0.688. The summed E-state index contributed by atoms with van der Waals surface area (Å²) < 4.78 is 6.18. The molecule has 0 aliphatic heterocycles. The maximum Gasteiger partial charge on any atom is 0.325 e. The lowest BCUT2D eigenvalue weighted by Gasteiger charge is -2.06. The summed E-state index contributed by atoms with van der Waals surface area (Å²) in [6.45, 7) is 2.03. The zero-order chi connectivity index (χ0) is 15.5. The number of hydrogen-bond acceptors (Lipinski definition) is 4. The molecule has 2 aromatic carbocycles. The fourth-order valence-corrected chi connectivity index (χ4v) is 3.00. The topological polar surface area (TPSA) is 63.2 Å². The first-order chi connectivity index (χ1) is 10.6. The van der Waals surface area contributed by atoms with E-state index >= 15 is 0 Å². The van der Waals surface area contributed by atoms with Gasteiger partial charge >= 0.3 is 6.03 Å². The van der Waals surface area contributed by atoms with Crippen LogP contribution in [0.3, 0.4) is 0 Å². The lowest BCUT2D eigenvalue weighted by atomic mass is 10.2. The molecule has 1 heterocycles. The predicted octanol–water partition coefficient (Wildman–Crippen LogP) is 4.26. The third-order valence-corrected chi connectivity index (χ3v) is 4.03. The monoisotopic (exact) mass is 313 g/mol. The van der Waals surface area contributed by atoms with Gasteiger partial charge in [-0.1, -0.05) is 23.5 Å². The maximum absolute atomic E-state index is 12.0. The Balaban J connectivity index is 1.72. The molecule has 0 fully saturated rings. The molecule has 1 aromatic heterocycles. The van der Waals surface area contributed by atoms with Crippen molar-refractivity contribution in [3.05, 3.63) is 48.0 Å². The van der Waals surface area contributed by atoms with Gasteiger partial charge in [-0.2, -0.15) is 0 Å². The van der Waals surface area contributed by atoms with E-state index in [9.17, 15) is 4.79 Å². The zero-order valence-electron chi connectivity index (χ0n) is 12.2. The molecule has 3 rings (SSSR count). The van der Waals surface area contributed by atoms with Gasteiger partial charge in [0.2, 0.25) is 0 Å². The van der Waals surface area contributed by atoms with Crippen LogP contribution in [-0.2, 0) is 0 Å². The molecule has 0 saturated carbocycles. The van der Waals surface area contributed by atoms with Crippen LogP contribution < -0.4 is 15.4 Å². The van der Waals surface area contributed by atoms with Gasteiger partial charge in [0.05, 0.1) is 17.3 Å². The van der Waals surface area contributed by atoms with Crippen LogP contribution in [0.2, 0.25) is 0 Å². The smallest absolute Gasteiger partial charge is 0.325 e. The summed E-state index contributed by atoms with van der Waals surface area (Å²) in [7, 11) is 1.59. The van der Waals surface area contributed by atoms with Crippen molar-refractivity contribution in [2.45, 2.75) is 6.92 Å². The van der Waals surface area contributed by atoms with E-state index in [2.05, 4.69) is 21.7 Å². The molecular weight excluding hydrogens is 298 g/mol. The average Bonchev–Trinajstić information content (AvgIpc) is 2.88. The molecule has 5 nitrogen and oxygen atoms in total. The van der Waals surface area contributed by atoms with Crippen molar-refractivity contribution in [3.63, 3.8) is 0 Å². The molecule has 112 valence electrons. The number of aromatic nitrogens is 1. The number of rotatable bonds is 3. The Kier molecular flexibility index (Phi) is 3.93. The van der Waals surface area contributed by atoms with Gasteiger partial charge in [-0.05, 0) is 36.8 Å². The van der Waals surface area contributed by atoms with Gasteiger partial charge in [-0.25, -0.2) is 9.78 Å². The lowest BCUT2D eigenvalue weighted by molar-refractivity contribution is 0.262. The minimum absolute atomic E-state index is 0.330. The minimum atomic E-state index is -0.330. The van der Waals surface area contributed by atoms with E-state index in [4.69, 9.17) is 4.74 Å². The highest BCUT2D eigenvalue weighted by Crippen LogP contribution is 2.26. The van der Waals surface area contributed by atoms with Crippen LogP contribution >= 0.6 is 11.3 Å². The highest BCUT2D eigenvalue weighted by atomic mass is 32.1. The third kappa shape index (κ3) is 3.17. The summed E-state index contributed by atoms with van der Waals surface area (Å²) in [6, 6.07) is 12.9. The number of aryl methyl sites for hydroxylation is 1. The molecule has 6 heteroatoms. The molecule has 2 amide bonds. The molecule has 0 saturated heterocycles. The molecular formula is C16H15N3O2S. The predicted molar refractivity (Wildman–Crippen MR) is 90.0 cm³/mol. The fraction of sp³-hybridized carbons (Fsp3) is 0.125. The molecule has 0 atom stereocenters. The zero-order valence-corrected chi connectivity index (χ0v) is 13.0. The molecule has 0 unspecified atom stereocenters. The number of nitrogens with one attached hydrogen (secondary N) is 2. The van der Waals surface area contributed by atoms with Gasteiger partial charge < -0.3 is 10.1 Å². The number of nitrogens with zero attached hydrogens (tertiary/aromatic N) is 1. The van der Waals surface area contributed by atoms with E-state index in [0.717, 1.165) is 10.2 Å². The van der Waals surface area contributed by atoms with E-state index in [1.807, 2.05) is 31.2 Å². The minimum Gasteiger partial charge on any atom is -0.497 e. The third-order valence-electron chi connectivity index (χ3n) is 3.09. The molecule has 22 heavy (non-hydrogen) atoms. The van der Waals surface area contributed by atoms with E-state index in [0.29, 0.717) is 16.6 Å². The number of fused-ring (bicyclic) bond motifs is 1. The van der Waals surface area contributed by atoms with Crippen molar-refractivity contribution in [2.75, 3.05) is 17.7 Å². The van der Waals surface area contributed by atoms with Crippen molar-refractivity contribution in [1.29, 1.82) is 0 Å². The first-order valence-electron chi connectivity index (χ1n) is 6.73. The van der Waals surface area contributed by atoms with Crippen molar-refractivity contribution >= 4 is 38.4 Å². The number of carbonyl (C=O) groups excluding carboxylic acids is 1. The number of amides is 2. The van der Waals surface area contributed by atoms with Crippen LogP contribution in [-0.4, -0.2) is 18.1 Å². The normalized spacial score (nSPS) is 10.5. The van der Waals surface area contributed by atoms with Crippen molar-refractivity contribution in [2.24, 2.45) is 0 Å². The second-order valence-electron chi connectivity index (χ2n) is 4.80. The number of anilines is 2. The quantitative estimate of drug-likeness (QED) is 0.759. The summed E-state index contributed by atoms with van der Waals surface area (Å²) in [5.41, 5.74) is 2.71. The number of thiazole rings is 1. The Morgan fingerprint density at radius 3 is 2.86 bits per heavy atom. The Labute approximate surface area is 131 Å². The van der Waals surface area contributed by atoms with Crippen LogP contribution in [0.1, 0.15) is 5.56 Å². The van der Waals surface area contributed by atoms with Crippen LogP contribution in [0, 0.1) is 6.92 Å². The first-order valence-corrected chi connectivity index (χ1v) is 7.55. The lowest BCUT2D eigenvalue weighted by Crippen LogP contribution is -2.19. The number of methoxy groups -OCH3 is 1. The molecule has 2 N–H and O–H groups in total. The van der Waals surface area contributed by atoms with Crippen molar-refractivity contribution in [3.8, 4) is 5.75 Å². The van der Waals surface area contributed by atoms with Crippen LogP contribution in [0.5, 0.6) is 5.75 Å². The summed E-state index contributed by atoms with van der Waals surface area (Å²) >= 11 is 1.45. The van der Waals surface area contributed by atoms with Crippen molar-refractivity contribution in [1.82, 2.24) is 4.98 Å². The molecule has 0 aliphatic rings. The number of urea groups is 1. The number of carbonyl (C=O) groups is 1. The Morgan fingerprint density at radius 1 is 1.18 bits per heavy atom. The largest absolute Gasteiger partial charge is 0.497 e. The molecule has 0 radical (unpaired) electrons. The average molecular weight is 313 g/mol. The summed E-state index contributed by atoms with van der Waals surface area (Å²) in [6.07, 6.45) is 0. The molecule has 0 spiro atoms. The fourth-order valence-electron chi connectivity index (χ4n) is 2.05. The highest BCUT2D eigenvalue weighted by Gasteiger charge is 2.08. The Morgan fingerprint density at radius 2 is 2.05 bits per heavy atom. The Hall–Kier alpha value is -2.60. The van der Waals surface area contributed by atoms with E-state index in [-0.39, 0.29) is 6.03 Å². The van der Waals surface area contributed by atoms with Gasteiger partial charge in [-0.3, -0.25) is 5.32 Å². The van der Waals surface area contributed by atoms with Crippen LogP contribution in [0.15, 0.2) is 42.5 Å². The van der Waals surface area contributed by atoms with E-state index in [1.54, 1.807) is 19.2 Å². The second-order valence-corrected chi connectivity index (χ2v) is 5.83. The summed E-state index contributed by atoms with van der Waals surface area (Å²) in [4.78, 5) is 16.4.